The fourth-order valence-electron chi connectivity index (χ4n) is 2.31. The molecule has 0 saturated heterocycles. The van der Waals surface area contributed by atoms with E-state index in [9.17, 15) is 18.3 Å². The van der Waals surface area contributed by atoms with Crippen LogP contribution in [0.1, 0.15) is 30.7 Å². The number of alkyl halides is 3. The van der Waals surface area contributed by atoms with Crippen molar-refractivity contribution >= 4 is 0 Å². The smallest absolute Gasteiger partial charge is 0.405 e. The average Bonchev–Trinajstić information content (AvgIpc) is 2.63. The highest BCUT2D eigenvalue weighted by Crippen LogP contribution is 2.40. The summed E-state index contributed by atoms with van der Waals surface area (Å²) in [5.74, 6) is -0.459. The van der Waals surface area contributed by atoms with Crippen molar-refractivity contribution in [1.82, 2.24) is 0 Å². The predicted molar refractivity (Wildman–Crippen MR) is 55.7 cm³/mol. The Labute approximate surface area is 97.0 Å². The van der Waals surface area contributed by atoms with E-state index in [1.807, 2.05) is 0 Å². The van der Waals surface area contributed by atoms with Crippen molar-refractivity contribution in [3.63, 3.8) is 0 Å². The summed E-state index contributed by atoms with van der Waals surface area (Å²) >= 11 is 0. The van der Waals surface area contributed by atoms with Gasteiger partial charge < -0.3 is 9.84 Å². The van der Waals surface area contributed by atoms with Gasteiger partial charge >= 0.3 is 6.36 Å². The molecule has 0 amide bonds. The lowest BCUT2D eigenvalue weighted by molar-refractivity contribution is -0.275. The summed E-state index contributed by atoms with van der Waals surface area (Å²) in [6.45, 7) is 0. The van der Waals surface area contributed by atoms with E-state index < -0.39 is 12.5 Å². The van der Waals surface area contributed by atoms with Gasteiger partial charge in [-0.05, 0) is 18.9 Å². The van der Waals surface area contributed by atoms with Crippen LogP contribution >= 0.6 is 0 Å². The number of hydrogen-bond donors (Lipinski definition) is 1. The molecular formula is C12H13F3O2. The van der Waals surface area contributed by atoms with Crippen molar-refractivity contribution in [2.45, 2.75) is 37.6 Å². The fourth-order valence-corrected chi connectivity index (χ4v) is 2.31. The van der Waals surface area contributed by atoms with Crippen LogP contribution in [0.15, 0.2) is 24.3 Å². The van der Waals surface area contributed by atoms with Gasteiger partial charge in [0, 0.05) is 11.5 Å². The molecule has 0 heterocycles. The lowest BCUT2D eigenvalue weighted by Crippen LogP contribution is -2.20. The van der Waals surface area contributed by atoms with Crippen molar-refractivity contribution in [3.05, 3.63) is 29.8 Å². The maximum atomic E-state index is 12.2. The van der Waals surface area contributed by atoms with Gasteiger partial charge in [-0.15, -0.1) is 13.2 Å². The first kappa shape index (κ1) is 12.2. The molecule has 1 aliphatic carbocycles. The Hall–Kier alpha value is -1.23. The molecule has 2 rings (SSSR count). The standard InChI is InChI=1S/C12H13F3O2/c13-12(14,15)17-11-7-2-1-4-9(11)8-5-3-6-10(8)16/h1-2,4,7-8,10,16H,3,5-6H2/t8-,10+/m0/s1. The van der Waals surface area contributed by atoms with Gasteiger partial charge in [0.25, 0.3) is 0 Å². The molecule has 2 atom stereocenters. The molecule has 1 aromatic rings. The Kier molecular flexibility index (Phi) is 3.28. The maximum absolute atomic E-state index is 12.2. The van der Waals surface area contributed by atoms with Gasteiger partial charge in [-0.25, -0.2) is 0 Å². The molecule has 1 fully saturated rings. The zero-order valence-corrected chi connectivity index (χ0v) is 9.07. The third kappa shape index (κ3) is 2.91. The first-order valence-corrected chi connectivity index (χ1v) is 5.50. The zero-order chi connectivity index (χ0) is 12.5. The minimum absolute atomic E-state index is 0.203. The summed E-state index contributed by atoms with van der Waals surface area (Å²) in [6, 6.07) is 6.02. The first-order chi connectivity index (χ1) is 7.97. The Morgan fingerprint density at radius 1 is 1.18 bits per heavy atom. The molecule has 17 heavy (non-hydrogen) atoms. The fraction of sp³-hybridized carbons (Fsp3) is 0.500. The Balaban J connectivity index is 2.27. The van der Waals surface area contributed by atoms with Gasteiger partial charge in [-0.2, -0.15) is 0 Å². The molecule has 1 aliphatic rings. The second-order valence-corrected chi connectivity index (χ2v) is 4.19. The van der Waals surface area contributed by atoms with Gasteiger partial charge in [0.1, 0.15) is 5.75 Å². The lowest BCUT2D eigenvalue weighted by Gasteiger charge is -2.19. The summed E-state index contributed by atoms with van der Waals surface area (Å²) < 4.78 is 40.6. The molecule has 0 radical (unpaired) electrons. The van der Waals surface area contributed by atoms with Crippen LogP contribution in [0.25, 0.3) is 0 Å². The number of benzene rings is 1. The maximum Gasteiger partial charge on any atom is 0.573 e. The average molecular weight is 246 g/mol. The lowest BCUT2D eigenvalue weighted by atomic mass is 9.95. The van der Waals surface area contributed by atoms with Crippen LogP contribution in [0, 0.1) is 0 Å². The van der Waals surface area contributed by atoms with Gasteiger partial charge in [0.05, 0.1) is 6.10 Å². The number of hydrogen-bond acceptors (Lipinski definition) is 2. The Bertz CT molecular complexity index is 390. The highest BCUT2D eigenvalue weighted by atomic mass is 19.4. The van der Waals surface area contributed by atoms with E-state index in [4.69, 9.17) is 0 Å². The summed E-state index contributed by atoms with van der Waals surface area (Å²) in [6.07, 6.45) is -3.12. The minimum Gasteiger partial charge on any atom is -0.405 e. The van der Waals surface area contributed by atoms with E-state index in [-0.39, 0.29) is 11.7 Å². The van der Waals surface area contributed by atoms with Crippen LogP contribution in [0.5, 0.6) is 5.75 Å². The van der Waals surface area contributed by atoms with Crippen molar-refractivity contribution in [1.29, 1.82) is 0 Å². The molecule has 94 valence electrons. The Morgan fingerprint density at radius 2 is 1.88 bits per heavy atom. The SMILES string of the molecule is O[C@@H]1CCC[C@H]1c1ccccc1OC(F)(F)F. The van der Waals surface area contributed by atoms with Crippen molar-refractivity contribution in [3.8, 4) is 5.75 Å². The minimum atomic E-state index is -4.69. The number of rotatable bonds is 2. The topological polar surface area (TPSA) is 29.5 Å². The van der Waals surface area contributed by atoms with Gasteiger partial charge in [0.15, 0.2) is 0 Å². The quantitative estimate of drug-likeness (QED) is 0.868. The van der Waals surface area contributed by atoms with Crippen LogP contribution < -0.4 is 4.74 Å². The second kappa shape index (κ2) is 4.56. The molecule has 1 saturated carbocycles. The normalized spacial score (nSPS) is 24.9. The highest BCUT2D eigenvalue weighted by Gasteiger charge is 2.35. The molecule has 0 aliphatic heterocycles. The summed E-state index contributed by atoms with van der Waals surface area (Å²) in [5, 5.41) is 9.73. The molecule has 0 bridgehead atoms. The van der Waals surface area contributed by atoms with Crippen molar-refractivity contribution in [2.24, 2.45) is 0 Å². The monoisotopic (exact) mass is 246 g/mol. The zero-order valence-electron chi connectivity index (χ0n) is 9.07. The number of aliphatic hydroxyl groups excluding tert-OH is 1. The summed E-state index contributed by atoms with van der Waals surface area (Å²) in [4.78, 5) is 0. The Morgan fingerprint density at radius 3 is 2.47 bits per heavy atom. The summed E-state index contributed by atoms with van der Waals surface area (Å²) in [5.41, 5.74) is 0.440. The van der Waals surface area contributed by atoms with E-state index in [2.05, 4.69) is 4.74 Å². The van der Waals surface area contributed by atoms with Crippen LogP contribution in [-0.4, -0.2) is 17.6 Å². The number of aliphatic hydroxyl groups is 1. The van der Waals surface area contributed by atoms with E-state index in [1.54, 1.807) is 12.1 Å². The predicted octanol–water partition coefficient (Wildman–Crippen LogP) is 3.21. The molecule has 0 aromatic heterocycles. The molecular weight excluding hydrogens is 233 g/mol. The van der Waals surface area contributed by atoms with Crippen molar-refractivity contribution < 1.29 is 23.0 Å². The van der Waals surface area contributed by atoms with E-state index in [1.165, 1.54) is 12.1 Å². The molecule has 1 aromatic carbocycles. The molecule has 1 N–H and O–H groups in total. The van der Waals surface area contributed by atoms with Crippen LogP contribution in [0.3, 0.4) is 0 Å². The molecule has 5 heteroatoms. The number of para-hydroxylation sites is 1. The van der Waals surface area contributed by atoms with Crippen LogP contribution in [0.2, 0.25) is 0 Å². The summed E-state index contributed by atoms with van der Waals surface area (Å²) in [7, 11) is 0. The largest absolute Gasteiger partial charge is 0.573 e. The third-order valence-corrected chi connectivity index (χ3v) is 3.02. The molecule has 0 spiro atoms. The first-order valence-electron chi connectivity index (χ1n) is 5.50. The van der Waals surface area contributed by atoms with Crippen LogP contribution in [-0.2, 0) is 0 Å². The second-order valence-electron chi connectivity index (χ2n) is 4.19. The highest BCUT2D eigenvalue weighted by molar-refractivity contribution is 5.37. The van der Waals surface area contributed by atoms with E-state index >= 15 is 0 Å². The van der Waals surface area contributed by atoms with Crippen LogP contribution in [0.4, 0.5) is 13.2 Å². The van der Waals surface area contributed by atoms with Gasteiger partial charge in [-0.3, -0.25) is 0 Å². The van der Waals surface area contributed by atoms with Gasteiger partial charge in [-0.1, -0.05) is 24.6 Å². The number of ether oxygens (including phenoxy) is 1. The van der Waals surface area contributed by atoms with E-state index in [0.717, 1.165) is 6.42 Å². The third-order valence-electron chi connectivity index (χ3n) is 3.02. The van der Waals surface area contributed by atoms with Gasteiger partial charge in [0.2, 0.25) is 0 Å². The molecule has 0 unspecified atom stereocenters. The van der Waals surface area contributed by atoms with E-state index in [0.29, 0.717) is 18.4 Å². The number of halogens is 3. The van der Waals surface area contributed by atoms with Crippen molar-refractivity contribution in [2.75, 3.05) is 0 Å². The molecule has 2 nitrogen and oxygen atoms in total.